The number of nitrogens with two attached hydrogens (primary N) is 1. The van der Waals surface area contributed by atoms with Gasteiger partial charge in [-0.3, -0.25) is 4.79 Å². The lowest BCUT2D eigenvalue weighted by molar-refractivity contribution is -0.141. The van der Waals surface area contributed by atoms with Crippen LogP contribution in [0.1, 0.15) is 12.5 Å². The van der Waals surface area contributed by atoms with Crippen LogP contribution in [-0.2, 0) is 24.5 Å². The van der Waals surface area contributed by atoms with E-state index in [1.807, 2.05) is 6.07 Å². The number of hydrogen-bond acceptors (Lipinski definition) is 7. The number of benzene rings is 1. The van der Waals surface area contributed by atoms with Crippen LogP contribution in [0, 0.1) is 11.3 Å². The largest absolute Gasteiger partial charge is 0.460 e. The summed E-state index contributed by atoms with van der Waals surface area (Å²) >= 11 is 0. The Labute approximate surface area is 149 Å². The van der Waals surface area contributed by atoms with E-state index in [1.165, 1.54) is 7.11 Å². The molecule has 26 heavy (non-hydrogen) atoms. The highest BCUT2D eigenvalue weighted by Crippen LogP contribution is 2.51. The summed E-state index contributed by atoms with van der Waals surface area (Å²) in [6.07, 6.45) is 0. The van der Waals surface area contributed by atoms with Gasteiger partial charge in [-0.1, -0.05) is 18.2 Å². The summed E-state index contributed by atoms with van der Waals surface area (Å²) < 4.78 is 15.6. The van der Waals surface area contributed by atoms with E-state index in [-0.39, 0.29) is 30.2 Å². The molecule has 8 heteroatoms. The summed E-state index contributed by atoms with van der Waals surface area (Å²) in [7, 11) is 1.48. The molecule has 134 valence electrons. The van der Waals surface area contributed by atoms with Gasteiger partial charge in [-0.15, -0.1) is 0 Å². The topological polar surface area (TPSA) is 124 Å². The minimum Gasteiger partial charge on any atom is -0.460 e. The smallest absolute Gasteiger partial charge is 0.337 e. The van der Waals surface area contributed by atoms with Crippen LogP contribution in [0.2, 0.25) is 0 Å². The lowest BCUT2D eigenvalue weighted by Crippen LogP contribution is -2.46. The van der Waals surface area contributed by atoms with Crippen molar-refractivity contribution in [3.63, 3.8) is 0 Å². The van der Waals surface area contributed by atoms with Crippen molar-refractivity contribution in [2.24, 2.45) is 5.73 Å². The molecule has 0 aliphatic carbocycles. The number of nitrogens with zero attached hydrogens (tertiary/aromatic N) is 1. The first-order valence-corrected chi connectivity index (χ1v) is 7.85. The van der Waals surface area contributed by atoms with Crippen LogP contribution < -0.4 is 15.8 Å². The molecule has 2 aliphatic rings. The van der Waals surface area contributed by atoms with Crippen molar-refractivity contribution in [2.75, 3.05) is 20.3 Å². The zero-order chi connectivity index (χ0) is 18.9. The van der Waals surface area contributed by atoms with E-state index in [2.05, 4.69) is 5.32 Å². The van der Waals surface area contributed by atoms with Gasteiger partial charge in [0.25, 0.3) is 0 Å². The third kappa shape index (κ3) is 2.33. The number of fused-ring (bicyclic) bond motifs is 2. The number of hydrogen-bond donors (Lipinski definition) is 2. The maximum atomic E-state index is 13.0. The normalized spacial score (nSPS) is 21.2. The second-order valence-corrected chi connectivity index (χ2v) is 5.78. The van der Waals surface area contributed by atoms with Crippen molar-refractivity contribution in [3.8, 4) is 11.8 Å². The number of para-hydroxylation sites is 1. The molecule has 8 nitrogen and oxygen atoms in total. The molecule has 0 fully saturated rings. The van der Waals surface area contributed by atoms with E-state index in [1.54, 1.807) is 31.2 Å². The summed E-state index contributed by atoms with van der Waals surface area (Å²) in [6.45, 7) is 1.79. The molecule has 3 N–H and O–H groups in total. The second-order valence-electron chi connectivity index (χ2n) is 5.78. The molecule has 0 saturated carbocycles. The number of methoxy groups -OCH3 is 1. The predicted molar refractivity (Wildman–Crippen MR) is 89.3 cm³/mol. The first-order chi connectivity index (χ1) is 12.5. The fourth-order valence-corrected chi connectivity index (χ4v) is 3.31. The average Bonchev–Trinajstić information content (AvgIpc) is 2.86. The van der Waals surface area contributed by atoms with Crippen LogP contribution in [0.25, 0.3) is 0 Å². The van der Waals surface area contributed by atoms with Crippen LogP contribution in [-0.4, -0.2) is 32.2 Å². The molecule has 1 spiro atoms. The lowest BCUT2D eigenvalue weighted by Gasteiger charge is -2.34. The molecule has 1 aromatic rings. The number of nitriles is 1. The first-order valence-electron chi connectivity index (χ1n) is 7.85. The molecule has 1 amide bonds. The van der Waals surface area contributed by atoms with E-state index in [9.17, 15) is 14.9 Å². The van der Waals surface area contributed by atoms with E-state index in [0.29, 0.717) is 17.0 Å². The van der Waals surface area contributed by atoms with E-state index < -0.39 is 17.3 Å². The number of allylic oxidation sites excluding steroid dienone is 1. The number of amides is 1. The van der Waals surface area contributed by atoms with Crippen molar-refractivity contribution in [2.45, 2.75) is 12.3 Å². The fourth-order valence-electron chi connectivity index (χ4n) is 3.31. The highest BCUT2D eigenvalue weighted by Gasteiger charge is 2.59. The molecule has 0 saturated heterocycles. The Bertz CT molecular complexity index is 896. The molecule has 1 atom stereocenters. The van der Waals surface area contributed by atoms with Gasteiger partial charge in [-0.05, 0) is 13.0 Å². The third-order valence-electron chi connectivity index (χ3n) is 4.36. The molecule has 1 aromatic carbocycles. The van der Waals surface area contributed by atoms with Gasteiger partial charge in [0.2, 0.25) is 11.8 Å². The van der Waals surface area contributed by atoms with Gasteiger partial charge >= 0.3 is 5.97 Å². The van der Waals surface area contributed by atoms with E-state index >= 15 is 0 Å². The maximum Gasteiger partial charge on any atom is 0.337 e. The van der Waals surface area contributed by atoms with Crippen molar-refractivity contribution >= 4 is 11.9 Å². The maximum absolute atomic E-state index is 13.0. The zero-order valence-corrected chi connectivity index (χ0v) is 14.3. The number of ether oxygens (including phenoxy) is 3. The molecule has 2 aliphatic heterocycles. The molecule has 3 rings (SSSR count). The summed E-state index contributed by atoms with van der Waals surface area (Å²) in [5, 5.41) is 12.3. The van der Waals surface area contributed by atoms with E-state index in [0.717, 1.165) is 0 Å². The fraction of sp³-hybridized carbons (Fsp3) is 0.278. The van der Waals surface area contributed by atoms with Gasteiger partial charge in [-0.25, -0.2) is 4.79 Å². The molecular weight excluding hydrogens is 338 g/mol. The zero-order valence-electron chi connectivity index (χ0n) is 14.3. The quantitative estimate of drug-likeness (QED) is 0.599. The minimum atomic E-state index is -1.71. The molecule has 2 heterocycles. The van der Waals surface area contributed by atoms with Crippen LogP contribution >= 0.6 is 0 Å². The van der Waals surface area contributed by atoms with Crippen LogP contribution in [0.15, 0.2) is 47.0 Å². The number of rotatable bonds is 4. The summed E-state index contributed by atoms with van der Waals surface area (Å²) in [5.41, 5.74) is 4.74. The molecule has 0 aromatic heterocycles. The lowest BCUT2D eigenvalue weighted by atomic mass is 9.68. The predicted octanol–water partition coefficient (Wildman–Crippen LogP) is 0.604. The monoisotopic (exact) mass is 355 g/mol. The summed E-state index contributed by atoms with van der Waals surface area (Å²) in [4.78, 5) is 25.8. The van der Waals surface area contributed by atoms with Gasteiger partial charge in [0.1, 0.15) is 24.0 Å². The minimum absolute atomic E-state index is 0.00954. The van der Waals surface area contributed by atoms with Crippen LogP contribution in [0.5, 0.6) is 5.75 Å². The Morgan fingerprint density at radius 1 is 1.38 bits per heavy atom. The third-order valence-corrected chi connectivity index (χ3v) is 4.36. The Balaban J connectivity index is 2.23. The number of nitrogens with one attached hydrogen (secondary N) is 1. The van der Waals surface area contributed by atoms with Crippen molar-refractivity contribution < 1.29 is 23.8 Å². The van der Waals surface area contributed by atoms with E-state index in [4.69, 9.17) is 19.9 Å². The SMILES string of the molecule is COCCOC(=O)C1=C(C)NC(=O)C12C(C#N)=C(N)Oc1ccccc12. The van der Waals surface area contributed by atoms with Gasteiger partial charge in [0.15, 0.2) is 5.41 Å². The van der Waals surface area contributed by atoms with Crippen molar-refractivity contribution in [1.29, 1.82) is 5.26 Å². The Morgan fingerprint density at radius 2 is 2.12 bits per heavy atom. The van der Waals surface area contributed by atoms with Crippen molar-refractivity contribution in [3.05, 3.63) is 52.6 Å². The molecular formula is C18H17N3O5. The van der Waals surface area contributed by atoms with Gasteiger partial charge in [0, 0.05) is 18.4 Å². The van der Waals surface area contributed by atoms with Gasteiger partial charge in [0.05, 0.1) is 12.2 Å². The number of carbonyl (C=O) groups is 2. The van der Waals surface area contributed by atoms with Crippen molar-refractivity contribution in [1.82, 2.24) is 5.32 Å². The molecule has 0 radical (unpaired) electrons. The van der Waals surface area contributed by atoms with Crippen LogP contribution in [0.4, 0.5) is 0 Å². The summed E-state index contributed by atoms with van der Waals surface area (Å²) in [5.74, 6) is -1.20. The highest BCUT2D eigenvalue weighted by atomic mass is 16.6. The molecule has 0 bridgehead atoms. The number of esters is 1. The Hall–Kier alpha value is -3.31. The van der Waals surface area contributed by atoms with Gasteiger partial charge < -0.3 is 25.3 Å². The molecule has 1 unspecified atom stereocenters. The van der Waals surface area contributed by atoms with Crippen LogP contribution in [0.3, 0.4) is 0 Å². The average molecular weight is 355 g/mol. The number of carbonyl (C=O) groups excluding carboxylic acids is 2. The standard InChI is InChI=1S/C18H17N3O5/c1-10-14(16(22)25-8-7-24-2)18(17(23)21-10)11-5-3-4-6-13(11)26-15(20)12(18)9-19/h3-6H,7-8,20H2,1-2H3,(H,21,23). The Kier molecular flexibility index (Phi) is 4.40. The summed E-state index contributed by atoms with van der Waals surface area (Å²) in [6, 6.07) is 8.57. The first kappa shape index (κ1) is 17.5. The second kappa shape index (κ2) is 6.54. The highest BCUT2D eigenvalue weighted by molar-refractivity contribution is 6.12. The Morgan fingerprint density at radius 3 is 2.81 bits per heavy atom. The van der Waals surface area contributed by atoms with Gasteiger partial charge in [-0.2, -0.15) is 5.26 Å².